The van der Waals surface area contributed by atoms with Crippen LogP contribution in [0.1, 0.15) is 69.7 Å². The molecule has 0 heterocycles. The van der Waals surface area contributed by atoms with Gasteiger partial charge in [-0.25, -0.2) is 4.79 Å². The van der Waals surface area contributed by atoms with Crippen LogP contribution in [0.5, 0.6) is 0 Å². The summed E-state index contributed by atoms with van der Waals surface area (Å²) in [5.74, 6) is 5.73. The number of carbonyl (C=O) groups excluding carboxylic acids is 1. The van der Waals surface area contributed by atoms with Gasteiger partial charge in [-0.3, -0.25) is 4.79 Å². The first-order chi connectivity index (χ1) is 14.0. The van der Waals surface area contributed by atoms with Crippen molar-refractivity contribution in [1.29, 1.82) is 0 Å². The van der Waals surface area contributed by atoms with E-state index in [1.807, 2.05) is 24.3 Å². The number of ketones is 1. The van der Waals surface area contributed by atoms with Crippen molar-refractivity contribution < 1.29 is 14.7 Å². The Morgan fingerprint density at radius 2 is 1.70 bits per heavy atom. The molecule has 0 bridgehead atoms. The molecule has 0 fully saturated rings. The lowest BCUT2D eigenvalue weighted by Gasteiger charge is -2.31. The molecule has 0 unspecified atom stereocenters. The molecule has 0 amide bonds. The second kappa shape index (κ2) is 8.24. The van der Waals surface area contributed by atoms with E-state index in [4.69, 9.17) is 0 Å². The number of aryl methyl sites for hydroxylation is 1. The number of carbonyl (C=O) groups is 2. The molecule has 1 aliphatic rings. The van der Waals surface area contributed by atoms with Crippen LogP contribution in [0.25, 0.3) is 0 Å². The number of rotatable bonds is 4. The quantitative estimate of drug-likeness (QED) is 0.495. The summed E-state index contributed by atoms with van der Waals surface area (Å²) < 4.78 is 0. The van der Waals surface area contributed by atoms with Gasteiger partial charge in [0.2, 0.25) is 0 Å². The lowest BCUT2D eigenvalue weighted by molar-refractivity contribution is 0.0695. The molecule has 30 heavy (non-hydrogen) atoms. The highest BCUT2D eigenvalue weighted by atomic mass is 28.3. The third-order valence-electron chi connectivity index (χ3n) is 5.86. The molecule has 0 atom stereocenters. The van der Waals surface area contributed by atoms with Crippen LogP contribution in [0, 0.1) is 11.8 Å². The first-order valence-electron chi connectivity index (χ1n) is 10.5. The highest BCUT2D eigenvalue weighted by molar-refractivity contribution is 6.76. The number of carboxylic acid groups (broad SMARTS) is 1. The zero-order valence-electron chi connectivity index (χ0n) is 18.6. The van der Waals surface area contributed by atoms with Gasteiger partial charge < -0.3 is 5.11 Å². The monoisotopic (exact) mass is 418 g/mol. The fourth-order valence-corrected chi connectivity index (χ4v) is 4.88. The van der Waals surface area contributed by atoms with Crippen LogP contribution in [0.3, 0.4) is 0 Å². The van der Waals surface area contributed by atoms with E-state index in [1.165, 1.54) is 0 Å². The zero-order valence-corrected chi connectivity index (χ0v) is 19.6. The minimum atomic E-state index is -1.28. The Kier molecular flexibility index (Phi) is 6.05. The molecule has 3 rings (SSSR count). The Balaban J connectivity index is 1.93. The summed E-state index contributed by atoms with van der Waals surface area (Å²) in [4.78, 5) is 23.8. The fraction of sp³-hybridized carbons (Fsp3) is 0.385. The van der Waals surface area contributed by atoms with Crippen molar-refractivity contribution >= 4 is 19.8 Å². The maximum absolute atomic E-state index is 12.2. The summed E-state index contributed by atoms with van der Waals surface area (Å²) in [6, 6.07) is 12.2. The fourth-order valence-electron chi connectivity index (χ4n) is 3.86. The number of aromatic carboxylic acids is 1. The van der Waals surface area contributed by atoms with Gasteiger partial charge in [-0.15, -0.1) is 0 Å². The van der Waals surface area contributed by atoms with E-state index in [0.29, 0.717) is 12.0 Å². The van der Waals surface area contributed by atoms with Gasteiger partial charge in [0.1, 0.15) is 0 Å². The highest BCUT2D eigenvalue weighted by Gasteiger charge is 2.31. The molecule has 0 saturated carbocycles. The van der Waals surface area contributed by atoms with E-state index in [9.17, 15) is 14.7 Å². The molecule has 0 aromatic heterocycles. The average molecular weight is 419 g/mol. The van der Waals surface area contributed by atoms with Crippen LogP contribution in [-0.4, -0.2) is 24.9 Å². The topological polar surface area (TPSA) is 54.4 Å². The van der Waals surface area contributed by atoms with Crippen LogP contribution < -0.4 is 0 Å². The van der Waals surface area contributed by atoms with Gasteiger partial charge in [-0.05, 0) is 65.8 Å². The van der Waals surface area contributed by atoms with Crippen molar-refractivity contribution in [2.75, 3.05) is 0 Å². The lowest BCUT2D eigenvalue weighted by atomic mass is 9.72. The van der Waals surface area contributed by atoms with E-state index in [2.05, 4.69) is 45.3 Å². The molecule has 4 heteroatoms. The van der Waals surface area contributed by atoms with Crippen molar-refractivity contribution in [3.63, 3.8) is 0 Å². The van der Waals surface area contributed by atoms with Crippen LogP contribution >= 0.6 is 0 Å². The van der Waals surface area contributed by atoms with E-state index >= 15 is 0 Å². The molecule has 0 saturated heterocycles. The van der Waals surface area contributed by atoms with Crippen LogP contribution in [0.2, 0.25) is 25.7 Å². The van der Waals surface area contributed by atoms with Crippen LogP contribution in [0.15, 0.2) is 36.4 Å². The van der Waals surface area contributed by atoms with Gasteiger partial charge in [0, 0.05) is 31.2 Å². The predicted octanol–water partition coefficient (Wildman–Crippen LogP) is 5.92. The van der Waals surface area contributed by atoms with E-state index in [-0.39, 0.29) is 11.2 Å². The molecule has 2 aromatic carbocycles. The lowest BCUT2D eigenvalue weighted by Crippen LogP contribution is -2.27. The molecular formula is C26H30O3Si. The van der Waals surface area contributed by atoms with Crippen molar-refractivity contribution in [2.24, 2.45) is 0 Å². The van der Waals surface area contributed by atoms with E-state index < -0.39 is 14.0 Å². The van der Waals surface area contributed by atoms with Crippen LogP contribution in [0.4, 0.5) is 0 Å². The van der Waals surface area contributed by atoms with Gasteiger partial charge in [0.15, 0.2) is 5.78 Å². The average Bonchev–Trinajstić information content (AvgIpc) is 2.67. The highest BCUT2D eigenvalue weighted by Crippen LogP contribution is 2.37. The summed E-state index contributed by atoms with van der Waals surface area (Å²) in [7, 11) is -1.28. The Labute approximate surface area is 180 Å². The third kappa shape index (κ3) is 5.09. The molecule has 0 aliphatic heterocycles. The Hall–Kier alpha value is -2.64. The number of fused-ring (bicyclic) bond motifs is 1. The Morgan fingerprint density at radius 3 is 2.33 bits per heavy atom. The zero-order chi connectivity index (χ0) is 22.1. The summed E-state index contributed by atoms with van der Waals surface area (Å²) in [6.07, 6.45) is 2.22. The summed E-state index contributed by atoms with van der Waals surface area (Å²) in [6.45, 7) is 11.2. The standard InChI is InChI=1S/C26H30O3Si/c1-26(2)14-12-24(27)22-11-9-19(17-23(22)26)7-6-18-8-10-21(25(28)29)20(16-18)13-15-30(3,4)5/h8-11,16-17H,12-15H2,1-5H3,(H,28,29). The van der Waals surface area contributed by atoms with Crippen molar-refractivity contribution in [1.82, 2.24) is 0 Å². The number of hydrogen-bond acceptors (Lipinski definition) is 2. The smallest absolute Gasteiger partial charge is 0.335 e. The van der Waals surface area contributed by atoms with Gasteiger partial charge >= 0.3 is 5.97 Å². The van der Waals surface area contributed by atoms with Crippen LogP contribution in [-0.2, 0) is 11.8 Å². The van der Waals surface area contributed by atoms with E-state index in [0.717, 1.165) is 46.7 Å². The Bertz CT molecular complexity index is 1060. The largest absolute Gasteiger partial charge is 0.478 e. The first kappa shape index (κ1) is 22.1. The number of Topliss-reactive ketones (excluding diaryl/α,β-unsaturated/α-hetero) is 1. The summed E-state index contributed by atoms with van der Waals surface area (Å²) in [5, 5.41) is 9.52. The maximum atomic E-state index is 12.2. The van der Waals surface area contributed by atoms with Crippen molar-refractivity contribution in [3.8, 4) is 11.8 Å². The summed E-state index contributed by atoms with van der Waals surface area (Å²) >= 11 is 0. The first-order valence-corrected chi connectivity index (χ1v) is 14.2. The minimum Gasteiger partial charge on any atom is -0.478 e. The number of benzene rings is 2. The predicted molar refractivity (Wildman–Crippen MR) is 124 cm³/mol. The SMILES string of the molecule is CC1(C)CCC(=O)c2ccc(C#Cc3ccc(C(=O)O)c(CC[Si](C)(C)C)c3)cc21. The van der Waals surface area contributed by atoms with Gasteiger partial charge in [-0.1, -0.05) is 51.4 Å². The normalized spacial score (nSPS) is 15.2. The number of carboxylic acids is 1. The van der Waals surface area contributed by atoms with Gasteiger partial charge in [0.05, 0.1) is 5.56 Å². The van der Waals surface area contributed by atoms with E-state index in [1.54, 1.807) is 12.1 Å². The van der Waals surface area contributed by atoms with Crippen molar-refractivity contribution in [2.45, 2.75) is 64.2 Å². The summed E-state index contributed by atoms with van der Waals surface area (Å²) in [5.41, 5.74) is 4.77. The minimum absolute atomic E-state index is 0.0336. The molecule has 156 valence electrons. The molecular weight excluding hydrogens is 388 g/mol. The van der Waals surface area contributed by atoms with Crippen molar-refractivity contribution in [3.05, 3.63) is 69.8 Å². The second-order valence-electron chi connectivity index (χ2n) is 10.1. The number of hydrogen-bond donors (Lipinski definition) is 1. The molecule has 0 spiro atoms. The Morgan fingerprint density at radius 1 is 1.07 bits per heavy atom. The second-order valence-corrected chi connectivity index (χ2v) is 15.7. The van der Waals surface area contributed by atoms with Gasteiger partial charge in [0.25, 0.3) is 0 Å². The molecule has 0 radical (unpaired) electrons. The molecule has 1 N–H and O–H groups in total. The van der Waals surface area contributed by atoms with Gasteiger partial charge in [-0.2, -0.15) is 0 Å². The molecule has 3 nitrogen and oxygen atoms in total. The third-order valence-corrected chi connectivity index (χ3v) is 7.61. The molecule has 2 aromatic rings. The maximum Gasteiger partial charge on any atom is 0.335 e. The molecule has 1 aliphatic carbocycles.